The van der Waals surface area contributed by atoms with Crippen LogP contribution in [0.1, 0.15) is 56.2 Å². The van der Waals surface area contributed by atoms with E-state index in [4.69, 9.17) is 11.6 Å². The molecule has 0 aliphatic heterocycles. The highest BCUT2D eigenvalue weighted by molar-refractivity contribution is 7.92. The molecule has 0 heterocycles. The molecular formula is C27H38ClN3O4S. The Morgan fingerprint density at radius 1 is 1.06 bits per heavy atom. The van der Waals surface area contributed by atoms with E-state index in [2.05, 4.69) is 5.32 Å². The van der Waals surface area contributed by atoms with Crippen LogP contribution in [0.3, 0.4) is 0 Å². The molecular weight excluding hydrogens is 498 g/mol. The van der Waals surface area contributed by atoms with Gasteiger partial charge in [-0.15, -0.1) is 0 Å². The van der Waals surface area contributed by atoms with Crippen LogP contribution in [0.5, 0.6) is 0 Å². The maximum atomic E-state index is 13.3. The van der Waals surface area contributed by atoms with Gasteiger partial charge in [-0.25, -0.2) is 8.42 Å². The highest BCUT2D eigenvalue weighted by atomic mass is 35.5. The number of aryl methyl sites for hydroxylation is 2. The highest BCUT2D eigenvalue weighted by Crippen LogP contribution is 2.22. The Morgan fingerprint density at radius 3 is 2.31 bits per heavy atom. The summed E-state index contributed by atoms with van der Waals surface area (Å²) in [6, 6.07) is 12.1. The van der Waals surface area contributed by atoms with Gasteiger partial charge < -0.3 is 10.2 Å². The van der Waals surface area contributed by atoms with Crippen molar-refractivity contribution in [2.45, 2.75) is 66.0 Å². The third-order valence-corrected chi connectivity index (χ3v) is 7.31. The summed E-state index contributed by atoms with van der Waals surface area (Å²) in [7, 11) is -3.54. The Balaban J connectivity index is 2.17. The maximum Gasteiger partial charge on any atom is 0.242 e. The van der Waals surface area contributed by atoms with Crippen LogP contribution in [0.15, 0.2) is 42.5 Å². The first-order valence-corrected chi connectivity index (χ1v) is 14.5. The van der Waals surface area contributed by atoms with Gasteiger partial charge in [-0.1, -0.05) is 43.1 Å². The number of hydrogen-bond donors (Lipinski definition) is 1. The molecule has 0 saturated carbocycles. The van der Waals surface area contributed by atoms with Crippen LogP contribution < -0.4 is 9.62 Å². The summed E-state index contributed by atoms with van der Waals surface area (Å²) in [6.07, 6.45) is 3.40. The van der Waals surface area contributed by atoms with Crippen LogP contribution in [0.2, 0.25) is 5.02 Å². The second-order valence-electron chi connectivity index (χ2n) is 9.26. The molecule has 0 aliphatic carbocycles. The first-order chi connectivity index (χ1) is 16.9. The number of nitrogens with zero attached hydrogens (tertiary/aromatic N) is 2. The average molecular weight is 536 g/mol. The van der Waals surface area contributed by atoms with E-state index in [1.807, 2.05) is 45.0 Å². The molecule has 0 saturated heterocycles. The van der Waals surface area contributed by atoms with Gasteiger partial charge in [0.25, 0.3) is 0 Å². The molecule has 2 aromatic carbocycles. The Hall–Kier alpha value is -2.58. The van der Waals surface area contributed by atoms with Gasteiger partial charge in [0.15, 0.2) is 0 Å². The van der Waals surface area contributed by atoms with Gasteiger partial charge in [-0.05, 0) is 74.6 Å². The van der Waals surface area contributed by atoms with Gasteiger partial charge >= 0.3 is 0 Å². The zero-order chi connectivity index (χ0) is 26.9. The van der Waals surface area contributed by atoms with Gasteiger partial charge in [0, 0.05) is 31.1 Å². The van der Waals surface area contributed by atoms with Crippen LogP contribution >= 0.6 is 11.6 Å². The smallest absolute Gasteiger partial charge is 0.242 e. The molecule has 7 nitrogen and oxygen atoms in total. The van der Waals surface area contributed by atoms with Gasteiger partial charge in [-0.3, -0.25) is 13.9 Å². The highest BCUT2D eigenvalue weighted by Gasteiger charge is 2.26. The van der Waals surface area contributed by atoms with Crippen molar-refractivity contribution in [3.05, 3.63) is 64.2 Å². The zero-order valence-electron chi connectivity index (χ0n) is 21.9. The monoisotopic (exact) mass is 535 g/mol. The van der Waals surface area contributed by atoms with E-state index >= 15 is 0 Å². The number of anilines is 1. The predicted molar refractivity (Wildman–Crippen MR) is 147 cm³/mol. The van der Waals surface area contributed by atoms with Gasteiger partial charge in [0.1, 0.15) is 6.04 Å². The number of hydrogen-bond acceptors (Lipinski definition) is 4. The molecule has 0 spiro atoms. The molecule has 2 amide bonds. The van der Waals surface area contributed by atoms with Crippen LogP contribution in [-0.2, 0) is 26.2 Å². The molecule has 0 radical (unpaired) electrons. The van der Waals surface area contributed by atoms with E-state index in [9.17, 15) is 18.0 Å². The zero-order valence-corrected chi connectivity index (χ0v) is 23.5. The third-order valence-electron chi connectivity index (χ3n) is 5.89. The molecule has 1 N–H and O–H groups in total. The van der Waals surface area contributed by atoms with E-state index in [0.29, 0.717) is 23.7 Å². The number of carbonyl (C=O) groups is 2. The number of halogens is 1. The first-order valence-electron chi connectivity index (χ1n) is 12.3. The Labute approximate surface area is 220 Å². The quantitative estimate of drug-likeness (QED) is 0.372. The van der Waals surface area contributed by atoms with Crippen molar-refractivity contribution >= 4 is 39.1 Å². The van der Waals surface area contributed by atoms with Crippen LogP contribution in [0.25, 0.3) is 0 Å². The molecule has 0 aliphatic rings. The lowest BCUT2D eigenvalue weighted by atomic mass is 10.1. The van der Waals surface area contributed by atoms with E-state index in [1.165, 1.54) is 15.5 Å². The first kappa shape index (κ1) is 29.6. The fourth-order valence-electron chi connectivity index (χ4n) is 4.05. The summed E-state index contributed by atoms with van der Waals surface area (Å²) in [5.74, 6) is -0.436. The fourth-order valence-corrected chi connectivity index (χ4v) is 5.21. The summed E-state index contributed by atoms with van der Waals surface area (Å²) in [5, 5.41) is 3.45. The van der Waals surface area contributed by atoms with Crippen molar-refractivity contribution in [3.8, 4) is 0 Å². The molecule has 198 valence electrons. The van der Waals surface area contributed by atoms with Crippen molar-refractivity contribution < 1.29 is 18.0 Å². The van der Waals surface area contributed by atoms with Crippen molar-refractivity contribution in [1.82, 2.24) is 10.2 Å². The normalized spacial score (nSPS) is 12.2. The number of carbonyl (C=O) groups excluding carboxylic acids is 2. The van der Waals surface area contributed by atoms with Crippen LogP contribution in [0, 0.1) is 13.8 Å². The molecule has 9 heteroatoms. The van der Waals surface area contributed by atoms with Crippen molar-refractivity contribution in [2.75, 3.05) is 23.7 Å². The summed E-state index contributed by atoms with van der Waals surface area (Å²) in [4.78, 5) is 27.6. The lowest BCUT2D eigenvalue weighted by Crippen LogP contribution is -2.48. The number of sulfonamides is 1. The van der Waals surface area contributed by atoms with Crippen LogP contribution in [0.4, 0.5) is 5.69 Å². The van der Waals surface area contributed by atoms with Crippen LogP contribution in [-0.4, -0.2) is 50.5 Å². The standard InChI is InChI=1S/C27H38ClN3O4S/c1-6-7-13-29-27(33)22(4)30(19-23-10-8-11-24(28)18-23)26(32)12-9-14-31(36(5,34)35)25-16-20(2)15-21(3)17-25/h8,10-11,15-18,22H,6-7,9,12-14,19H2,1-5H3,(H,29,33)/t22-/m0/s1. The summed E-state index contributed by atoms with van der Waals surface area (Å²) in [6.45, 7) is 8.54. The minimum atomic E-state index is -3.54. The second kappa shape index (κ2) is 13.7. The lowest BCUT2D eigenvalue weighted by molar-refractivity contribution is -0.140. The van der Waals surface area contributed by atoms with Crippen molar-refractivity contribution in [3.63, 3.8) is 0 Å². The summed E-state index contributed by atoms with van der Waals surface area (Å²) < 4.78 is 26.4. The lowest BCUT2D eigenvalue weighted by Gasteiger charge is -2.29. The molecule has 36 heavy (non-hydrogen) atoms. The minimum absolute atomic E-state index is 0.101. The SMILES string of the molecule is CCCCNC(=O)[C@H](C)N(Cc1cccc(Cl)c1)C(=O)CCCN(c1cc(C)cc(C)c1)S(C)(=O)=O. The van der Waals surface area contributed by atoms with E-state index in [1.54, 1.807) is 25.1 Å². The van der Waals surface area contributed by atoms with E-state index in [-0.39, 0.29) is 31.3 Å². The minimum Gasteiger partial charge on any atom is -0.354 e. The summed E-state index contributed by atoms with van der Waals surface area (Å²) in [5.41, 5.74) is 3.33. The Kier molecular flexibility index (Phi) is 11.2. The molecule has 0 unspecified atom stereocenters. The Bertz CT molecular complexity index is 1130. The van der Waals surface area contributed by atoms with Crippen molar-refractivity contribution in [1.29, 1.82) is 0 Å². The van der Waals surface area contributed by atoms with Gasteiger partial charge in [-0.2, -0.15) is 0 Å². The molecule has 0 aromatic heterocycles. The predicted octanol–water partition coefficient (Wildman–Crippen LogP) is 4.84. The molecule has 2 rings (SSSR count). The molecule has 0 fully saturated rings. The summed E-state index contributed by atoms with van der Waals surface area (Å²) >= 11 is 6.13. The topological polar surface area (TPSA) is 86.8 Å². The second-order valence-corrected chi connectivity index (χ2v) is 11.6. The number of benzene rings is 2. The third kappa shape index (κ3) is 9.13. The number of rotatable bonds is 13. The largest absolute Gasteiger partial charge is 0.354 e. The van der Waals surface area contributed by atoms with Gasteiger partial charge in [0.05, 0.1) is 11.9 Å². The van der Waals surface area contributed by atoms with Gasteiger partial charge in [0.2, 0.25) is 21.8 Å². The number of unbranched alkanes of at least 4 members (excludes halogenated alkanes) is 1. The molecule has 2 aromatic rings. The maximum absolute atomic E-state index is 13.3. The van der Waals surface area contributed by atoms with E-state index in [0.717, 1.165) is 29.5 Å². The molecule has 0 bridgehead atoms. The van der Waals surface area contributed by atoms with Crippen molar-refractivity contribution in [2.24, 2.45) is 0 Å². The number of amides is 2. The fraction of sp³-hybridized carbons (Fsp3) is 0.481. The average Bonchev–Trinajstić information content (AvgIpc) is 2.78. The van der Waals surface area contributed by atoms with E-state index < -0.39 is 16.1 Å². The number of nitrogens with one attached hydrogen (secondary N) is 1. The molecule has 1 atom stereocenters. The Morgan fingerprint density at radius 2 is 1.72 bits per heavy atom.